The zero-order valence-corrected chi connectivity index (χ0v) is 11.1. The zero-order valence-electron chi connectivity index (χ0n) is 11.1. The Labute approximate surface area is 121 Å². The lowest BCUT2D eigenvalue weighted by Crippen LogP contribution is -2.40. The lowest BCUT2D eigenvalue weighted by molar-refractivity contribution is -0.182. The molecule has 0 heterocycles. The van der Waals surface area contributed by atoms with E-state index in [1.807, 2.05) is 0 Å². The van der Waals surface area contributed by atoms with Gasteiger partial charge in [-0.2, -0.15) is 26.3 Å². The van der Waals surface area contributed by atoms with Crippen molar-refractivity contribution < 1.29 is 36.2 Å². The van der Waals surface area contributed by atoms with E-state index in [1.54, 1.807) is 0 Å². The van der Waals surface area contributed by atoms with Crippen LogP contribution in [-0.2, 0) is 4.79 Å². The Morgan fingerprint density at radius 2 is 1.59 bits per heavy atom. The van der Waals surface area contributed by atoms with Crippen LogP contribution in [0.5, 0.6) is 0 Å². The Hall–Kier alpha value is -1.92. The molecule has 22 heavy (non-hydrogen) atoms. The van der Waals surface area contributed by atoms with Gasteiger partial charge in [-0.25, -0.2) is 4.85 Å². The molecule has 1 saturated carbocycles. The largest absolute Gasteiger partial charge is 0.515 e. The number of carbonyl (C=O) groups excluding carboxylic acids is 1. The molecule has 0 atom stereocenters. The van der Waals surface area contributed by atoms with Crippen molar-refractivity contribution in [3.8, 4) is 0 Å². The van der Waals surface area contributed by atoms with Crippen LogP contribution >= 0.6 is 0 Å². The molecular weight excluding hydrogens is 318 g/mol. The molecule has 1 aliphatic carbocycles. The molecule has 1 aliphatic rings. The Kier molecular flexibility index (Phi) is 5.32. The molecule has 0 saturated heterocycles. The van der Waals surface area contributed by atoms with Crippen LogP contribution in [0.1, 0.15) is 25.7 Å². The van der Waals surface area contributed by atoms with Gasteiger partial charge < -0.3 is 10.4 Å². The second-order valence-electron chi connectivity index (χ2n) is 4.87. The van der Waals surface area contributed by atoms with Gasteiger partial charge in [0.2, 0.25) is 5.76 Å². The van der Waals surface area contributed by atoms with Gasteiger partial charge in [-0.1, -0.05) is 0 Å². The highest BCUT2D eigenvalue weighted by Gasteiger charge is 2.42. The lowest BCUT2D eigenvalue weighted by atomic mass is 9.85. The van der Waals surface area contributed by atoms with Crippen LogP contribution in [0.2, 0.25) is 0 Å². The number of alkyl halides is 6. The van der Waals surface area contributed by atoms with Crippen LogP contribution in [0.3, 0.4) is 0 Å². The van der Waals surface area contributed by atoms with Gasteiger partial charge in [0.25, 0.3) is 11.6 Å². The molecule has 0 aromatic rings. The van der Waals surface area contributed by atoms with Crippen LogP contribution in [0.15, 0.2) is 11.5 Å². The van der Waals surface area contributed by atoms with E-state index in [1.165, 1.54) is 0 Å². The van der Waals surface area contributed by atoms with Crippen molar-refractivity contribution in [2.45, 2.75) is 44.1 Å². The van der Waals surface area contributed by atoms with Crippen molar-refractivity contribution in [3.05, 3.63) is 22.9 Å². The quantitative estimate of drug-likeness (QED) is 0.352. The maximum absolute atomic E-state index is 12.5. The smallest absolute Gasteiger partial charge is 0.438 e. The zero-order chi connectivity index (χ0) is 17.1. The number of rotatable bonds is 2. The first-order chi connectivity index (χ1) is 9.96. The number of nitrogens with zero attached hydrogens (tertiary/aromatic N) is 1. The molecule has 0 aromatic carbocycles. The molecule has 4 nitrogen and oxygen atoms in total. The molecule has 1 rings (SSSR count). The first-order valence-electron chi connectivity index (χ1n) is 6.22. The van der Waals surface area contributed by atoms with E-state index in [4.69, 9.17) is 11.7 Å². The summed E-state index contributed by atoms with van der Waals surface area (Å²) in [5.74, 6) is -5.26. The molecule has 1 amide bonds. The van der Waals surface area contributed by atoms with E-state index in [-0.39, 0.29) is 25.7 Å². The van der Waals surface area contributed by atoms with Gasteiger partial charge in [-0.05, 0) is 25.7 Å². The van der Waals surface area contributed by atoms with Gasteiger partial charge in [0.1, 0.15) is 0 Å². The number of carbonyl (C=O) groups is 1. The van der Waals surface area contributed by atoms with Crippen LogP contribution < -0.4 is 5.32 Å². The molecule has 0 aliphatic heterocycles. The van der Waals surface area contributed by atoms with Crippen molar-refractivity contribution >= 4 is 5.91 Å². The van der Waals surface area contributed by atoms with E-state index in [0.717, 1.165) is 0 Å². The summed E-state index contributed by atoms with van der Waals surface area (Å²) in [7, 11) is 0. The van der Waals surface area contributed by atoms with Crippen LogP contribution in [-0.4, -0.2) is 29.4 Å². The van der Waals surface area contributed by atoms with Gasteiger partial charge in [-0.3, -0.25) is 4.79 Å². The maximum Gasteiger partial charge on any atom is 0.438 e. The van der Waals surface area contributed by atoms with Crippen molar-refractivity contribution in [3.63, 3.8) is 0 Å². The van der Waals surface area contributed by atoms with E-state index < -0.39 is 41.7 Å². The van der Waals surface area contributed by atoms with Crippen molar-refractivity contribution in [2.75, 3.05) is 0 Å². The summed E-state index contributed by atoms with van der Waals surface area (Å²) in [5.41, 5.74) is -1.52. The number of hydrogen-bond donors (Lipinski definition) is 2. The Morgan fingerprint density at radius 3 is 1.95 bits per heavy atom. The van der Waals surface area contributed by atoms with Crippen molar-refractivity contribution in [1.29, 1.82) is 0 Å². The normalized spacial score (nSPS) is 24.2. The monoisotopic (exact) mass is 330 g/mol. The minimum absolute atomic E-state index is 0.0615. The standard InChI is InChI=1S/C12H12F6N2O2/c1-19-8(9(21)12(16,17)18)10(22)20-7-4-2-6(3-5-7)11(13,14)15/h6-7,21H,2-5H2,(H,20,22)/b9-8-. The lowest BCUT2D eigenvalue weighted by Gasteiger charge is -2.30. The molecule has 10 heteroatoms. The summed E-state index contributed by atoms with van der Waals surface area (Å²) in [6, 6.07) is -0.760. The van der Waals surface area contributed by atoms with E-state index >= 15 is 0 Å². The average molecular weight is 330 g/mol. The van der Waals surface area contributed by atoms with Gasteiger partial charge in [-0.15, -0.1) is 0 Å². The first-order valence-corrected chi connectivity index (χ1v) is 6.22. The first kappa shape index (κ1) is 18.1. The topological polar surface area (TPSA) is 53.7 Å². The third kappa shape index (κ3) is 4.54. The third-order valence-electron chi connectivity index (χ3n) is 3.35. The Morgan fingerprint density at radius 1 is 1.09 bits per heavy atom. The molecule has 1 fully saturated rings. The fraction of sp³-hybridized carbons (Fsp3) is 0.667. The van der Waals surface area contributed by atoms with Gasteiger partial charge in [0.05, 0.1) is 12.5 Å². The second-order valence-corrected chi connectivity index (χ2v) is 4.87. The molecular formula is C12H12F6N2O2. The number of allylic oxidation sites excluding steroid dienone is 1. The fourth-order valence-corrected chi connectivity index (χ4v) is 2.16. The predicted octanol–water partition coefficient (Wildman–Crippen LogP) is 3.47. The number of amides is 1. The summed E-state index contributed by atoms with van der Waals surface area (Å²) in [6.07, 6.45) is -10.2. The highest BCUT2D eigenvalue weighted by atomic mass is 19.4. The molecule has 0 spiro atoms. The van der Waals surface area contributed by atoms with Crippen molar-refractivity contribution in [2.24, 2.45) is 5.92 Å². The highest BCUT2D eigenvalue weighted by Crippen LogP contribution is 2.37. The molecule has 2 N–H and O–H groups in total. The van der Waals surface area contributed by atoms with Gasteiger partial charge in [0, 0.05) is 6.04 Å². The third-order valence-corrected chi connectivity index (χ3v) is 3.35. The molecule has 0 aromatic heterocycles. The molecule has 0 radical (unpaired) electrons. The molecule has 124 valence electrons. The predicted molar refractivity (Wildman–Crippen MR) is 62.3 cm³/mol. The summed E-state index contributed by atoms with van der Waals surface area (Å²) < 4.78 is 74.1. The van der Waals surface area contributed by atoms with Crippen LogP contribution in [0.25, 0.3) is 4.85 Å². The second kappa shape index (κ2) is 6.46. The summed E-state index contributed by atoms with van der Waals surface area (Å²) in [6.45, 7) is 6.53. The molecule has 0 unspecified atom stereocenters. The van der Waals surface area contributed by atoms with Crippen LogP contribution in [0.4, 0.5) is 26.3 Å². The number of aliphatic hydroxyl groups excluding tert-OH is 1. The minimum Gasteiger partial charge on any atom is -0.515 e. The highest BCUT2D eigenvalue weighted by molar-refractivity contribution is 5.95. The van der Waals surface area contributed by atoms with Crippen LogP contribution in [0, 0.1) is 12.5 Å². The van der Waals surface area contributed by atoms with Gasteiger partial charge >= 0.3 is 12.4 Å². The maximum atomic E-state index is 12.5. The fourth-order valence-electron chi connectivity index (χ4n) is 2.16. The summed E-state index contributed by atoms with van der Waals surface area (Å²) in [5, 5.41) is 10.9. The number of aliphatic hydroxyl groups is 1. The van der Waals surface area contributed by atoms with Crippen molar-refractivity contribution in [1.82, 2.24) is 5.32 Å². The van der Waals surface area contributed by atoms with E-state index in [9.17, 15) is 31.1 Å². The number of nitrogens with one attached hydrogen (secondary N) is 1. The molecule has 0 bridgehead atoms. The summed E-state index contributed by atoms with van der Waals surface area (Å²) in [4.78, 5) is 13.9. The Bertz CT molecular complexity index is 495. The van der Waals surface area contributed by atoms with Gasteiger partial charge in [0.15, 0.2) is 0 Å². The average Bonchev–Trinajstić information content (AvgIpc) is 2.37. The van der Waals surface area contributed by atoms with E-state index in [0.29, 0.717) is 0 Å². The Balaban J connectivity index is 2.70. The summed E-state index contributed by atoms with van der Waals surface area (Å²) >= 11 is 0. The minimum atomic E-state index is -5.24. The number of hydrogen-bond acceptors (Lipinski definition) is 2. The SMILES string of the molecule is [C-]#[N+]/C(C(=O)NC1CCC(C(F)(F)F)CC1)=C(\O)C(F)(F)F. The number of halogens is 6. The van der Waals surface area contributed by atoms with E-state index in [2.05, 4.69) is 10.2 Å².